The largest absolute Gasteiger partial charge is 0.383 e. The van der Waals surface area contributed by atoms with Gasteiger partial charge in [0.1, 0.15) is 0 Å². The summed E-state index contributed by atoms with van der Waals surface area (Å²) in [5.41, 5.74) is 6.80. The first-order chi connectivity index (χ1) is 8.57. The van der Waals surface area contributed by atoms with Crippen LogP contribution in [0.3, 0.4) is 0 Å². The van der Waals surface area contributed by atoms with Crippen LogP contribution in [0.2, 0.25) is 0 Å². The van der Waals surface area contributed by atoms with Crippen LogP contribution in [-0.4, -0.2) is 43.3 Å². The highest BCUT2D eigenvalue weighted by Gasteiger charge is 2.52. The van der Waals surface area contributed by atoms with Crippen LogP contribution >= 0.6 is 0 Å². The minimum Gasteiger partial charge on any atom is -0.383 e. The summed E-state index contributed by atoms with van der Waals surface area (Å²) in [5.74, 6) is 0. The first-order valence-corrected chi connectivity index (χ1v) is 7.53. The fourth-order valence-corrected chi connectivity index (χ4v) is 3.91. The predicted molar refractivity (Wildman–Crippen MR) is 75.6 cm³/mol. The zero-order valence-corrected chi connectivity index (χ0v) is 12.4. The smallest absolute Gasteiger partial charge is 0.0590 e. The molecule has 106 valence electrons. The van der Waals surface area contributed by atoms with Crippen molar-refractivity contribution in [3.05, 3.63) is 0 Å². The maximum Gasteiger partial charge on any atom is 0.0590 e. The quantitative estimate of drug-likeness (QED) is 0.791. The van der Waals surface area contributed by atoms with Crippen molar-refractivity contribution in [3.63, 3.8) is 0 Å². The summed E-state index contributed by atoms with van der Waals surface area (Å²) in [6.07, 6.45) is 7.95. The van der Waals surface area contributed by atoms with Gasteiger partial charge in [0.05, 0.1) is 6.61 Å². The molecule has 2 fully saturated rings. The molecule has 18 heavy (non-hydrogen) atoms. The lowest BCUT2D eigenvalue weighted by Crippen LogP contribution is -2.65. The third-order valence-corrected chi connectivity index (χ3v) is 5.31. The average Bonchev–Trinajstić information content (AvgIpc) is 3.15. The zero-order chi connectivity index (χ0) is 13.2. The molecule has 0 saturated heterocycles. The van der Waals surface area contributed by atoms with E-state index in [-0.39, 0.29) is 5.54 Å². The summed E-state index contributed by atoms with van der Waals surface area (Å²) < 4.78 is 5.32. The van der Waals surface area contributed by atoms with Crippen molar-refractivity contribution < 1.29 is 4.74 Å². The van der Waals surface area contributed by atoms with E-state index < -0.39 is 0 Å². The first-order valence-electron chi connectivity index (χ1n) is 7.53. The summed E-state index contributed by atoms with van der Waals surface area (Å²) >= 11 is 0. The van der Waals surface area contributed by atoms with Crippen molar-refractivity contribution in [2.24, 2.45) is 11.1 Å². The molecule has 3 heteroatoms. The number of ether oxygens (including phenoxy) is 1. The van der Waals surface area contributed by atoms with Crippen molar-refractivity contribution in [2.75, 3.05) is 26.8 Å². The fourth-order valence-electron chi connectivity index (χ4n) is 3.91. The molecule has 0 radical (unpaired) electrons. The maximum atomic E-state index is 6.27. The highest BCUT2D eigenvalue weighted by molar-refractivity contribution is 5.08. The molecule has 0 spiro atoms. The van der Waals surface area contributed by atoms with Crippen LogP contribution in [0.4, 0.5) is 0 Å². The fraction of sp³-hybridized carbons (Fsp3) is 1.00. The Balaban J connectivity index is 2.21. The molecule has 2 aliphatic carbocycles. The molecule has 0 amide bonds. The van der Waals surface area contributed by atoms with E-state index in [0.717, 1.165) is 25.7 Å². The van der Waals surface area contributed by atoms with E-state index in [1.807, 2.05) is 0 Å². The monoisotopic (exact) mass is 254 g/mol. The summed E-state index contributed by atoms with van der Waals surface area (Å²) in [7, 11) is 1.80. The molecule has 0 aromatic heterocycles. The minimum atomic E-state index is 0.199. The van der Waals surface area contributed by atoms with Gasteiger partial charge in [-0.15, -0.1) is 0 Å². The second-order valence-corrected chi connectivity index (χ2v) is 6.74. The summed E-state index contributed by atoms with van der Waals surface area (Å²) in [4.78, 5) is 2.70. The number of hydrogen-bond acceptors (Lipinski definition) is 3. The number of methoxy groups -OCH3 is 1. The van der Waals surface area contributed by atoms with E-state index in [1.54, 1.807) is 7.11 Å². The Hall–Kier alpha value is -0.120. The van der Waals surface area contributed by atoms with Crippen molar-refractivity contribution in [1.82, 2.24) is 4.90 Å². The topological polar surface area (TPSA) is 38.5 Å². The third-order valence-electron chi connectivity index (χ3n) is 5.31. The Morgan fingerprint density at radius 1 is 1.22 bits per heavy atom. The van der Waals surface area contributed by atoms with E-state index in [9.17, 15) is 0 Å². The molecule has 0 bridgehead atoms. The van der Waals surface area contributed by atoms with Gasteiger partial charge in [-0.2, -0.15) is 0 Å². The molecule has 2 aliphatic rings. The van der Waals surface area contributed by atoms with E-state index >= 15 is 0 Å². The number of nitrogens with two attached hydrogens (primary N) is 1. The molecule has 2 N–H and O–H groups in total. The molecule has 1 atom stereocenters. The number of nitrogens with zero attached hydrogens (tertiary/aromatic N) is 1. The first kappa shape index (κ1) is 14.3. The lowest BCUT2D eigenvalue weighted by molar-refractivity contribution is -0.0580. The Labute approximate surface area is 112 Å². The van der Waals surface area contributed by atoms with Crippen LogP contribution < -0.4 is 5.73 Å². The summed E-state index contributed by atoms with van der Waals surface area (Å²) in [5, 5.41) is 0. The van der Waals surface area contributed by atoms with E-state index in [1.165, 1.54) is 38.5 Å². The molecule has 0 aromatic carbocycles. The molecule has 2 rings (SSSR count). The lowest BCUT2D eigenvalue weighted by atomic mass is 9.62. The van der Waals surface area contributed by atoms with Crippen molar-refractivity contribution in [2.45, 2.75) is 64.0 Å². The highest BCUT2D eigenvalue weighted by Crippen LogP contribution is 2.50. The minimum absolute atomic E-state index is 0.199. The van der Waals surface area contributed by atoms with Crippen LogP contribution in [0.25, 0.3) is 0 Å². The van der Waals surface area contributed by atoms with Crippen molar-refractivity contribution in [1.29, 1.82) is 0 Å². The molecular weight excluding hydrogens is 224 g/mol. The van der Waals surface area contributed by atoms with Gasteiger partial charge < -0.3 is 10.5 Å². The molecular formula is C15H30N2O. The second-order valence-electron chi connectivity index (χ2n) is 6.74. The summed E-state index contributed by atoms with van der Waals surface area (Å²) in [6, 6.07) is 0.765. The van der Waals surface area contributed by atoms with Crippen LogP contribution in [0.1, 0.15) is 52.4 Å². The SMILES string of the molecule is COCCN(C1CC1)C1(CN)CCCCC1(C)C. The van der Waals surface area contributed by atoms with E-state index in [4.69, 9.17) is 10.5 Å². The lowest BCUT2D eigenvalue weighted by Gasteiger charge is -2.56. The zero-order valence-electron chi connectivity index (χ0n) is 12.4. The Bertz CT molecular complexity index is 276. The normalized spacial score (nSPS) is 31.8. The van der Waals surface area contributed by atoms with Crippen LogP contribution in [0.15, 0.2) is 0 Å². The van der Waals surface area contributed by atoms with Gasteiger partial charge >= 0.3 is 0 Å². The van der Waals surface area contributed by atoms with E-state index in [0.29, 0.717) is 5.41 Å². The van der Waals surface area contributed by atoms with Gasteiger partial charge in [0.15, 0.2) is 0 Å². The third kappa shape index (κ3) is 2.45. The van der Waals surface area contributed by atoms with Gasteiger partial charge in [0.25, 0.3) is 0 Å². The second kappa shape index (κ2) is 5.48. The highest BCUT2D eigenvalue weighted by atomic mass is 16.5. The molecule has 3 nitrogen and oxygen atoms in total. The standard InChI is InChI=1S/C15H30N2O/c1-14(2)8-4-5-9-15(14,12-16)17(10-11-18-3)13-6-7-13/h13H,4-12,16H2,1-3H3. The Kier molecular flexibility index (Phi) is 4.35. The number of rotatable bonds is 6. The molecule has 1 unspecified atom stereocenters. The van der Waals surface area contributed by atoms with Gasteiger partial charge in [0.2, 0.25) is 0 Å². The predicted octanol–water partition coefficient (Wildman–Crippen LogP) is 2.39. The van der Waals surface area contributed by atoms with Crippen LogP contribution in [0.5, 0.6) is 0 Å². The van der Waals surface area contributed by atoms with Gasteiger partial charge in [-0.1, -0.05) is 26.7 Å². The number of hydrogen-bond donors (Lipinski definition) is 1. The summed E-state index contributed by atoms with van der Waals surface area (Å²) in [6.45, 7) is 7.50. The van der Waals surface area contributed by atoms with Gasteiger partial charge in [-0.05, 0) is 31.1 Å². The average molecular weight is 254 g/mol. The molecule has 0 aliphatic heterocycles. The van der Waals surface area contributed by atoms with Gasteiger partial charge in [-0.25, -0.2) is 0 Å². The van der Waals surface area contributed by atoms with Crippen LogP contribution in [-0.2, 0) is 4.74 Å². The van der Waals surface area contributed by atoms with E-state index in [2.05, 4.69) is 18.7 Å². The van der Waals surface area contributed by atoms with Gasteiger partial charge in [-0.3, -0.25) is 4.90 Å². The van der Waals surface area contributed by atoms with Crippen LogP contribution in [0, 0.1) is 5.41 Å². The molecule has 0 heterocycles. The Morgan fingerprint density at radius 2 is 1.89 bits per heavy atom. The Morgan fingerprint density at radius 3 is 2.39 bits per heavy atom. The van der Waals surface area contributed by atoms with Crippen molar-refractivity contribution >= 4 is 0 Å². The molecule has 0 aromatic rings. The van der Waals surface area contributed by atoms with Gasteiger partial charge in [0, 0.05) is 31.8 Å². The molecule has 2 saturated carbocycles. The maximum absolute atomic E-state index is 6.27. The van der Waals surface area contributed by atoms with Crippen molar-refractivity contribution in [3.8, 4) is 0 Å².